The molecule has 3 aliphatic heterocycles. The summed E-state index contributed by atoms with van der Waals surface area (Å²) < 4.78 is 5.47. The molecule has 2 aliphatic carbocycles. The summed E-state index contributed by atoms with van der Waals surface area (Å²) in [5, 5.41) is 17.5. The van der Waals surface area contributed by atoms with Crippen LogP contribution in [0.15, 0.2) is 12.2 Å². The number of fused-ring (bicyclic) bond motifs is 2. The van der Waals surface area contributed by atoms with Gasteiger partial charge in [-0.15, -0.1) is 0 Å². The molecule has 0 radical (unpaired) electrons. The molecule has 8 atom stereocenters. The van der Waals surface area contributed by atoms with E-state index in [1.54, 1.807) is 20.8 Å². The van der Waals surface area contributed by atoms with E-state index in [4.69, 9.17) is 4.74 Å². The summed E-state index contributed by atoms with van der Waals surface area (Å²) in [6, 6.07) is -2.08. The molecule has 0 bridgehead atoms. The maximum absolute atomic E-state index is 14.2. The molecule has 3 unspecified atom stereocenters. The average Bonchev–Trinajstić information content (AvgIpc) is 3.27. The second kappa shape index (κ2) is 13.6. The van der Waals surface area contributed by atoms with Gasteiger partial charge in [-0.05, 0) is 78.1 Å². The number of amides is 3. The number of hydrogen-bond donors (Lipinski definition) is 6. The largest absolute Gasteiger partial charge is 0.479 e. The molecular weight excluding hydrogens is 634 g/mol. The lowest BCUT2D eigenvalue weighted by Gasteiger charge is -2.31. The lowest BCUT2D eigenvalue weighted by atomic mass is 9.87. The second-order valence-corrected chi connectivity index (χ2v) is 15.3. The Morgan fingerprint density at radius 1 is 1.11 bits per heavy atom. The van der Waals surface area contributed by atoms with Gasteiger partial charge in [-0.25, -0.2) is 20.4 Å². The highest BCUT2D eigenvalue weighted by atomic mass is 79.9. The standard InChI is InChI=1S/C30H48BrN7O6/c1-29(2,3)44-28(43)32-22-13-8-6-4-5-7-11-19-16-30(19,27(41)42)33-25(39)23-15-21(17-37(23)26(22)40)38-35-24(34-36-38)18-10-9-12-20(31)14-18/h7,11,18-24,34-36H,4-6,8-10,12-17H2,1-3H3,(H,32,43)(H,33,39)(H,41,42)/b11-7-/t18?,19-,20?,21+,22-,23+,24?,30+/m1/s1. The Labute approximate surface area is 267 Å². The van der Waals surface area contributed by atoms with Crippen molar-refractivity contribution in [2.24, 2.45) is 11.8 Å². The number of carboxylic acid groups (broad SMARTS) is 1. The van der Waals surface area contributed by atoms with Gasteiger partial charge in [0.1, 0.15) is 23.2 Å². The van der Waals surface area contributed by atoms with Gasteiger partial charge in [0.25, 0.3) is 0 Å². The van der Waals surface area contributed by atoms with Gasteiger partial charge in [0.2, 0.25) is 11.8 Å². The van der Waals surface area contributed by atoms with E-state index in [1.807, 2.05) is 17.3 Å². The Bertz CT molecular complexity index is 1130. The molecule has 2 saturated carbocycles. The van der Waals surface area contributed by atoms with Gasteiger partial charge in [0.05, 0.1) is 12.2 Å². The monoisotopic (exact) mass is 681 g/mol. The number of alkyl carbamates (subject to hydrolysis) is 1. The summed E-state index contributed by atoms with van der Waals surface area (Å²) in [7, 11) is 0. The van der Waals surface area contributed by atoms with E-state index in [0.29, 0.717) is 30.0 Å². The predicted molar refractivity (Wildman–Crippen MR) is 166 cm³/mol. The third-order valence-corrected chi connectivity index (χ3v) is 10.3. The molecule has 13 nitrogen and oxygen atoms in total. The minimum atomic E-state index is -1.38. The van der Waals surface area contributed by atoms with Crippen LogP contribution in [0.5, 0.6) is 0 Å². The van der Waals surface area contributed by atoms with Crippen molar-refractivity contribution in [2.75, 3.05) is 6.54 Å². The maximum atomic E-state index is 14.2. The number of carbonyl (C=O) groups excluding carboxylic acids is 3. The van der Waals surface area contributed by atoms with Crippen molar-refractivity contribution in [1.29, 1.82) is 0 Å². The number of ether oxygens (including phenoxy) is 1. The number of carboxylic acids is 1. The van der Waals surface area contributed by atoms with E-state index in [9.17, 15) is 24.3 Å². The summed E-state index contributed by atoms with van der Waals surface area (Å²) in [6.45, 7) is 5.49. The molecule has 3 heterocycles. The van der Waals surface area contributed by atoms with Gasteiger partial charge in [0, 0.05) is 17.3 Å². The minimum absolute atomic E-state index is 0.00575. The molecule has 5 aliphatic rings. The molecule has 4 fully saturated rings. The van der Waals surface area contributed by atoms with Crippen molar-refractivity contribution < 1.29 is 29.0 Å². The fourth-order valence-electron chi connectivity index (χ4n) is 6.96. The quantitative estimate of drug-likeness (QED) is 0.192. The lowest BCUT2D eigenvalue weighted by Crippen LogP contribution is -2.56. The van der Waals surface area contributed by atoms with Crippen LogP contribution in [0.1, 0.15) is 91.4 Å². The van der Waals surface area contributed by atoms with Crippen LogP contribution in [0.25, 0.3) is 0 Å². The Morgan fingerprint density at radius 3 is 2.64 bits per heavy atom. The molecule has 0 spiro atoms. The molecule has 0 aromatic heterocycles. The first-order valence-electron chi connectivity index (χ1n) is 16.1. The molecule has 44 heavy (non-hydrogen) atoms. The molecule has 5 rings (SSSR count). The smallest absolute Gasteiger partial charge is 0.408 e. The van der Waals surface area contributed by atoms with E-state index in [0.717, 1.165) is 44.9 Å². The van der Waals surface area contributed by atoms with E-state index >= 15 is 0 Å². The maximum Gasteiger partial charge on any atom is 0.408 e. The van der Waals surface area contributed by atoms with Crippen molar-refractivity contribution in [2.45, 2.75) is 132 Å². The van der Waals surface area contributed by atoms with Gasteiger partial charge >= 0.3 is 12.1 Å². The first-order chi connectivity index (χ1) is 20.9. The van der Waals surface area contributed by atoms with E-state index in [1.165, 1.54) is 4.90 Å². The zero-order valence-electron chi connectivity index (χ0n) is 25.9. The molecule has 14 heteroatoms. The molecule has 0 aromatic rings. The Balaban J connectivity index is 1.37. The Morgan fingerprint density at radius 2 is 1.91 bits per heavy atom. The fourth-order valence-corrected chi connectivity index (χ4v) is 7.76. The first kappa shape index (κ1) is 33.1. The van der Waals surface area contributed by atoms with E-state index in [2.05, 4.69) is 42.9 Å². The summed E-state index contributed by atoms with van der Waals surface area (Å²) in [6.07, 6.45) is 11.8. The number of carbonyl (C=O) groups is 4. The summed E-state index contributed by atoms with van der Waals surface area (Å²) in [5.74, 6) is -1.84. The van der Waals surface area contributed by atoms with Crippen molar-refractivity contribution >= 4 is 39.8 Å². The summed E-state index contributed by atoms with van der Waals surface area (Å²) in [5.41, 5.74) is 7.92. The van der Waals surface area contributed by atoms with Crippen LogP contribution >= 0.6 is 15.9 Å². The van der Waals surface area contributed by atoms with Crippen LogP contribution in [0, 0.1) is 11.8 Å². The van der Waals surface area contributed by atoms with E-state index in [-0.39, 0.29) is 37.0 Å². The van der Waals surface area contributed by atoms with Crippen molar-refractivity contribution in [1.82, 2.24) is 37.0 Å². The van der Waals surface area contributed by atoms with Gasteiger partial charge in [-0.3, -0.25) is 9.59 Å². The zero-order chi connectivity index (χ0) is 31.6. The number of hydrogen-bond acceptors (Lipinski definition) is 9. The Hall–Kier alpha value is -2.26. The SMILES string of the molecule is CC(C)(C)OC(=O)N[C@@H]1CCCCC/C=C\[C@@H]2C[C@]2(C(=O)O)NC(=O)[C@@H]2C[C@H](N3NNC(C4CCCC(Br)C4)N3)CN2C1=O. The highest BCUT2D eigenvalue weighted by Gasteiger charge is 2.61. The number of allylic oxidation sites excluding steroid dienone is 1. The molecule has 0 aromatic carbocycles. The number of halogens is 1. The third kappa shape index (κ3) is 7.75. The number of aliphatic carboxylic acids is 1. The second-order valence-electron chi connectivity index (χ2n) is 14.0. The van der Waals surface area contributed by atoms with Crippen LogP contribution in [0.4, 0.5) is 4.79 Å². The number of nitrogens with zero attached hydrogens (tertiary/aromatic N) is 2. The normalized spacial score (nSPS) is 38.0. The van der Waals surface area contributed by atoms with Gasteiger partial charge in [-0.2, -0.15) is 10.7 Å². The van der Waals surface area contributed by atoms with Crippen LogP contribution < -0.4 is 27.0 Å². The van der Waals surface area contributed by atoms with E-state index < -0.39 is 41.2 Å². The van der Waals surface area contributed by atoms with Crippen LogP contribution in [-0.2, 0) is 19.1 Å². The highest BCUT2D eigenvalue weighted by Crippen LogP contribution is 2.45. The molecule has 3 amide bonds. The van der Waals surface area contributed by atoms with Crippen LogP contribution in [0.2, 0.25) is 0 Å². The molecule has 6 N–H and O–H groups in total. The number of alkyl halides is 1. The fraction of sp³-hybridized carbons (Fsp3) is 0.800. The van der Waals surface area contributed by atoms with Crippen molar-refractivity contribution in [3.8, 4) is 0 Å². The first-order valence-corrected chi connectivity index (χ1v) is 17.0. The molecular formula is C30H48BrN7O6. The topological polar surface area (TPSA) is 164 Å². The van der Waals surface area contributed by atoms with Crippen LogP contribution in [-0.4, -0.2) is 85.8 Å². The van der Waals surface area contributed by atoms with Crippen molar-refractivity contribution in [3.63, 3.8) is 0 Å². The Kier molecular flexibility index (Phi) is 10.2. The van der Waals surface area contributed by atoms with Gasteiger partial charge < -0.3 is 25.4 Å². The lowest BCUT2D eigenvalue weighted by molar-refractivity contribution is -0.145. The molecule has 246 valence electrons. The van der Waals surface area contributed by atoms with Gasteiger partial charge in [-0.1, -0.05) is 47.3 Å². The zero-order valence-corrected chi connectivity index (χ0v) is 27.5. The minimum Gasteiger partial charge on any atom is -0.479 e. The number of hydrazine groups is 3. The van der Waals surface area contributed by atoms with Gasteiger partial charge in [0.15, 0.2) is 0 Å². The summed E-state index contributed by atoms with van der Waals surface area (Å²) in [4.78, 5) is 55.2. The molecule has 2 saturated heterocycles. The number of rotatable bonds is 4. The van der Waals surface area contributed by atoms with Crippen molar-refractivity contribution in [3.05, 3.63) is 12.2 Å². The number of nitrogens with one attached hydrogen (secondary N) is 5. The highest BCUT2D eigenvalue weighted by molar-refractivity contribution is 9.09. The average molecular weight is 683 g/mol. The predicted octanol–water partition coefficient (Wildman–Crippen LogP) is 2.44. The summed E-state index contributed by atoms with van der Waals surface area (Å²) >= 11 is 3.76. The third-order valence-electron chi connectivity index (χ3n) is 9.43. The van der Waals surface area contributed by atoms with Crippen LogP contribution in [0.3, 0.4) is 0 Å².